The number of benzene rings is 1. The minimum absolute atomic E-state index is 0.185. The maximum Gasteiger partial charge on any atom is 0.337 e. The second kappa shape index (κ2) is 8.50. The van der Waals surface area contributed by atoms with E-state index in [0.717, 1.165) is 29.4 Å². The van der Waals surface area contributed by atoms with Crippen molar-refractivity contribution in [2.45, 2.75) is 26.3 Å². The van der Waals surface area contributed by atoms with Crippen molar-refractivity contribution in [1.29, 1.82) is 0 Å². The summed E-state index contributed by atoms with van der Waals surface area (Å²) in [6.07, 6.45) is 3.91. The Morgan fingerprint density at radius 1 is 1.22 bits per heavy atom. The van der Waals surface area contributed by atoms with Gasteiger partial charge in [-0.05, 0) is 30.2 Å². The van der Waals surface area contributed by atoms with Crippen LogP contribution >= 0.6 is 0 Å². The summed E-state index contributed by atoms with van der Waals surface area (Å²) >= 11 is 0. The molecule has 0 bridgehead atoms. The lowest BCUT2D eigenvalue weighted by Crippen LogP contribution is -2.09. The molecular weight excluding hydrogens is 346 g/mol. The third-order valence-corrected chi connectivity index (χ3v) is 4.12. The predicted octanol–water partition coefficient (Wildman–Crippen LogP) is 2.99. The van der Waals surface area contributed by atoms with Crippen LogP contribution in [0.5, 0.6) is 0 Å². The Morgan fingerprint density at radius 2 is 2.00 bits per heavy atom. The van der Waals surface area contributed by atoms with E-state index in [1.807, 2.05) is 29.0 Å². The molecule has 3 rings (SSSR count). The maximum absolute atomic E-state index is 11.6. The first-order chi connectivity index (χ1) is 13.1. The molecule has 3 aromatic rings. The molecule has 8 nitrogen and oxygen atoms in total. The summed E-state index contributed by atoms with van der Waals surface area (Å²) in [6.45, 7) is 3.26. The Balaban J connectivity index is 1.85. The smallest absolute Gasteiger partial charge is 0.337 e. The van der Waals surface area contributed by atoms with Crippen molar-refractivity contribution in [3.8, 4) is 0 Å². The van der Waals surface area contributed by atoms with Crippen LogP contribution in [0, 0.1) is 0 Å². The molecule has 8 heteroatoms. The molecule has 0 amide bonds. The van der Waals surface area contributed by atoms with E-state index < -0.39 is 0 Å². The molecule has 0 saturated carbocycles. The molecule has 0 unspecified atom stereocenters. The number of nitrogens with zero attached hydrogens (tertiary/aromatic N) is 3. The zero-order valence-corrected chi connectivity index (χ0v) is 15.4. The number of unbranched alkanes of at least 4 members (excludes halogenated alkanes) is 1. The van der Waals surface area contributed by atoms with Crippen molar-refractivity contribution >= 4 is 28.8 Å². The standard InChI is InChI=1S/C19H23N5O3/c1-3-4-11-27-23-17-16-15(21-19(20)22-17)9-10-24(16)12-13-5-7-14(8-6-13)18(25)26-2/h5-10H,3-4,11-12H2,1-2H3,(H3,20,21,22,23). The zero-order valence-electron chi connectivity index (χ0n) is 15.4. The average molecular weight is 369 g/mol. The number of nitrogens with two attached hydrogens (primary N) is 1. The quantitative estimate of drug-likeness (QED) is 0.357. The van der Waals surface area contributed by atoms with Crippen LogP contribution in [-0.2, 0) is 16.1 Å². The number of fused-ring (bicyclic) bond motifs is 1. The lowest BCUT2D eigenvalue weighted by Gasteiger charge is -2.11. The fraction of sp³-hybridized carbons (Fsp3) is 0.316. The molecule has 142 valence electrons. The van der Waals surface area contributed by atoms with Gasteiger partial charge in [-0.1, -0.05) is 25.5 Å². The molecule has 0 aliphatic carbocycles. The molecule has 0 aliphatic heterocycles. The predicted molar refractivity (Wildman–Crippen MR) is 103 cm³/mol. The SMILES string of the molecule is CCCCONc1nc(N)nc2ccn(Cc3ccc(C(=O)OC)cc3)c12. The lowest BCUT2D eigenvalue weighted by atomic mass is 10.1. The maximum atomic E-state index is 11.6. The first-order valence-corrected chi connectivity index (χ1v) is 8.79. The van der Waals surface area contributed by atoms with E-state index in [2.05, 4.69) is 22.4 Å². The number of anilines is 2. The van der Waals surface area contributed by atoms with Crippen molar-refractivity contribution in [2.75, 3.05) is 24.9 Å². The van der Waals surface area contributed by atoms with E-state index >= 15 is 0 Å². The van der Waals surface area contributed by atoms with Gasteiger partial charge in [-0.2, -0.15) is 4.98 Å². The van der Waals surface area contributed by atoms with Crippen LogP contribution < -0.4 is 11.2 Å². The van der Waals surface area contributed by atoms with Gasteiger partial charge in [0.15, 0.2) is 5.82 Å². The highest BCUT2D eigenvalue weighted by Crippen LogP contribution is 2.24. The van der Waals surface area contributed by atoms with Crippen molar-refractivity contribution < 1.29 is 14.4 Å². The van der Waals surface area contributed by atoms with E-state index in [1.54, 1.807) is 12.1 Å². The largest absolute Gasteiger partial charge is 0.465 e. The highest BCUT2D eigenvalue weighted by molar-refractivity contribution is 5.89. The number of nitrogens with one attached hydrogen (secondary N) is 1. The summed E-state index contributed by atoms with van der Waals surface area (Å²) in [5, 5.41) is 0. The molecule has 0 spiro atoms. The number of aromatic nitrogens is 3. The fourth-order valence-electron chi connectivity index (χ4n) is 2.72. The van der Waals surface area contributed by atoms with Gasteiger partial charge in [0.1, 0.15) is 5.52 Å². The van der Waals surface area contributed by atoms with Crippen LogP contribution in [0.15, 0.2) is 36.5 Å². The van der Waals surface area contributed by atoms with E-state index in [0.29, 0.717) is 24.5 Å². The lowest BCUT2D eigenvalue weighted by molar-refractivity contribution is 0.0600. The van der Waals surface area contributed by atoms with Gasteiger partial charge in [0.25, 0.3) is 0 Å². The first-order valence-electron chi connectivity index (χ1n) is 8.79. The van der Waals surface area contributed by atoms with Gasteiger partial charge in [-0.25, -0.2) is 15.3 Å². The van der Waals surface area contributed by atoms with E-state index in [1.165, 1.54) is 7.11 Å². The molecule has 2 aromatic heterocycles. The van der Waals surface area contributed by atoms with Crippen molar-refractivity contribution in [2.24, 2.45) is 0 Å². The summed E-state index contributed by atoms with van der Waals surface area (Å²) in [6, 6.07) is 9.15. The van der Waals surface area contributed by atoms with Crippen molar-refractivity contribution in [3.05, 3.63) is 47.7 Å². The summed E-state index contributed by atoms with van der Waals surface area (Å²) in [5.74, 6) is 0.363. The van der Waals surface area contributed by atoms with Crippen molar-refractivity contribution in [1.82, 2.24) is 14.5 Å². The molecule has 2 heterocycles. The van der Waals surface area contributed by atoms with Gasteiger partial charge in [-0.3, -0.25) is 4.84 Å². The first kappa shape index (κ1) is 18.7. The fourth-order valence-corrected chi connectivity index (χ4v) is 2.72. The zero-order chi connectivity index (χ0) is 19.2. The number of hydrogen-bond donors (Lipinski definition) is 2. The van der Waals surface area contributed by atoms with Crippen LogP contribution in [0.4, 0.5) is 11.8 Å². The van der Waals surface area contributed by atoms with E-state index in [9.17, 15) is 4.79 Å². The Bertz CT molecular complexity index is 921. The normalized spacial score (nSPS) is 10.9. The Kier molecular flexibility index (Phi) is 5.87. The van der Waals surface area contributed by atoms with Crippen LogP contribution in [-0.4, -0.2) is 34.2 Å². The molecule has 0 fully saturated rings. The number of esters is 1. The van der Waals surface area contributed by atoms with Gasteiger partial charge in [0, 0.05) is 12.7 Å². The second-order valence-corrected chi connectivity index (χ2v) is 6.10. The van der Waals surface area contributed by atoms with Crippen molar-refractivity contribution in [3.63, 3.8) is 0 Å². The number of carbonyl (C=O) groups is 1. The summed E-state index contributed by atoms with van der Waals surface area (Å²) in [4.78, 5) is 25.6. The van der Waals surface area contributed by atoms with Crippen LogP contribution in [0.25, 0.3) is 11.0 Å². The number of ether oxygens (including phenoxy) is 1. The summed E-state index contributed by atoms with van der Waals surface area (Å²) in [7, 11) is 1.37. The van der Waals surface area contributed by atoms with Crippen LogP contribution in [0.1, 0.15) is 35.7 Å². The Morgan fingerprint density at radius 3 is 2.70 bits per heavy atom. The molecule has 27 heavy (non-hydrogen) atoms. The van der Waals surface area contributed by atoms with Gasteiger partial charge in [-0.15, -0.1) is 0 Å². The third kappa shape index (κ3) is 4.35. The molecule has 3 N–H and O–H groups in total. The van der Waals surface area contributed by atoms with Gasteiger partial charge >= 0.3 is 5.97 Å². The molecule has 0 aliphatic rings. The number of nitrogen functional groups attached to an aromatic ring is 1. The Labute approximate surface area is 157 Å². The average Bonchev–Trinajstić information content (AvgIpc) is 3.07. The van der Waals surface area contributed by atoms with E-state index in [4.69, 9.17) is 15.3 Å². The molecule has 0 radical (unpaired) electrons. The monoisotopic (exact) mass is 369 g/mol. The topological polar surface area (TPSA) is 104 Å². The summed E-state index contributed by atoms with van der Waals surface area (Å²) < 4.78 is 6.73. The minimum atomic E-state index is -0.354. The van der Waals surface area contributed by atoms with Gasteiger partial charge < -0.3 is 15.0 Å². The van der Waals surface area contributed by atoms with Gasteiger partial charge in [0.2, 0.25) is 5.95 Å². The summed E-state index contributed by atoms with van der Waals surface area (Å²) in [5.41, 5.74) is 11.8. The molecule has 1 aromatic carbocycles. The molecular formula is C19H23N5O3. The Hall–Kier alpha value is -3.13. The molecule has 0 atom stereocenters. The third-order valence-electron chi connectivity index (χ3n) is 4.12. The highest BCUT2D eigenvalue weighted by Gasteiger charge is 2.12. The number of hydrogen-bond acceptors (Lipinski definition) is 7. The van der Waals surface area contributed by atoms with Crippen LogP contribution in [0.2, 0.25) is 0 Å². The number of methoxy groups -OCH3 is 1. The van der Waals surface area contributed by atoms with Crippen LogP contribution in [0.3, 0.4) is 0 Å². The highest BCUT2D eigenvalue weighted by atomic mass is 16.6. The van der Waals surface area contributed by atoms with E-state index in [-0.39, 0.29) is 11.9 Å². The molecule has 0 saturated heterocycles. The minimum Gasteiger partial charge on any atom is -0.465 e. The van der Waals surface area contributed by atoms with Gasteiger partial charge in [0.05, 0.1) is 24.8 Å². The number of carbonyl (C=O) groups excluding carboxylic acids is 1. The second-order valence-electron chi connectivity index (χ2n) is 6.10. The number of rotatable bonds is 8.